The number of aromatic hydroxyl groups is 15. The van der Waals surface area contributed by atoms with Crippen molar-refractivity contribution in [1.82, 2.24) is 0 Å². The summed E-state index contributed by atoms with van der Waals surface area (Å²) in [5, 5.41) is 176. The van der Waals surface area contributed by atoms with Gasteiger partial charge in [0.15, 0.2) is 75.8 Å². The highest BCUT2D eigenvalue weighted by Crippen LogP contribution is 2.61. The molecule has 0 amide bonds. The molecule has 2 bridgehead atoms. The summed E-state index contributed by atoms with van der Waals surface area (Å²) >= 11 is 0. The first kappa shape index (κ1) is 45.0. The van der Waals surface area contributed by atoms with Crippen LogP contribution in [0.2, 0.25) is 0 Å². The van der Waals surface area contributed by atoms with E-state index < -0.39 is 214 Å². The molecule has 16 N–H and O–H groups in total. The summed E-state index contributed by atoms with van der Waals surface area (Å²) in [6, 6.07) is 1.62. The van der Waals surface area contributed by atoms with Crippen molar-refractivity contribution in [2.24, 2.45) is 0 Å². The van der Waals surface area contributed by atoms with Crippen LogP contribution >= 0.6 is 0 Å². The Labute approximate surface area is 374 Å². The van der Waals surface area contributed by atoms with E-state index in [-0.39, 0.29) is 0 Å². The van der Waals surface area contributed by atoms with E-state index in [4.69, 9.17) is 23.7 Å². The van der Waals surface area contributed by atoms with Crippen LogP contribution in [0.5, 0.6) is 86.2 Å². The van der Waals surface area contributed by atoms with Crippen LogP contribution in [0.15, 0.2) is 24.3 Å². The van der Waals surface area contributed by atoms with Gasteiger partial charge in [0, 0.05) is 33.4 Å². The van der Waals surface area contributed by atoms with Gasteiger partial charge in [0.05, 0.1) is 40.8 Å². The van der Waals surface area contributed by atoms with Gasteiger partial charge in [0.25, 0.3) is 0 Å². The van der Waals surface area contributed by atoms with E-state index in [1.807, 2.05) is 0 Å². The average Bonchev–Trinajstić information content (AvgIpc) is 3.31. The van der Waals surface area contributed by atoms with Gasteiger partial charge in [0.2, 0.25) is 28.7 Å². The number of phenols is 15. The molecule has 68 heavy (non-hydrogen) atoms. The van der Waals surface area contributed by atoms with Crippen molar-refractivity contribution in [3.63, 3.8) is 0 Å². The smallest absolute Gasteiger partial charge is 0.339 e. The van der Waals surface area contributed by atoms with Crippen molar-refractivity contribution in [1.29, 1.82) is 0 Å². The Kier molecular flexibility index (Phi) is 10.3. The Morgan fingerprint density at radius 2 is 0.853 bits per heavy atom. The molecule has 5 atom stereocenters. The molecule has 3 heterocycles. The maximum atomic E-state index is 14.6. The number of methoxy groups -OCH3 is 1. The van der Waals surface area contributed by atoms with Crippen LogP contribution < -0.4 is 0 Å². The molecule has 26 heteroatoms. The lowest BCUT2D eigenvalue weighted by Crippen LogP contribution is -2.55. The molecule has 26 nitrogen and oxygen atoms in total. The number of fused-ring (bicyclic) bond motifs is 7. The van der Waals surface area contributed by atoms with Gasteiger partial charge in [-0.05, 0) is 24.3 Å². The van der Waals surface area contributed by atoms with E-state index in [1.54, 1.807) is 0 Å². The zero-order chi connectivity index (χ0) is 49.9. The molecule has 0 fully saturated rings. The van der Waals surface area contributed by atoms with E-state index in [0.717, 1.165) is 7.11 Å². The number of esters is 5. The van der Waals surface area contributed by atoms with E-state index in [0.29, 0.717) is 24.3 Å². The number of aliphatic hydroxyl groups is 1. The minimum absolute atomic E-state index is 0.342. The van der Waals surface area contributed by atoms with Crippen LogP contribution in [-0.4, -0.2) is 150 Å². The molecule has 8 rings (SSSR count). The highest BCUT2D eigenvalue weighted by atomic mass is 16.6. The summed E-state index contributed by atoms with van der Waals surface area (Å²) < 4.78 is 27.0. The number of aliphatic hydroxyl groups excluding tert-OH is 1. The fourth-order valence-electron chi connectivity index (χ4n) is 8.29. The third-order valence-electron chi connectivity index (χ3n) is 11.4. The maximum absolute atomic E-state index is 14.6. The van der Waals surface area contributed by atoms with Gasteiger partial charge in [-0.1, -0.05) is 0 Å². The van der Waals surface area contributed by atoms with Crippen molar-refractivity contribution in [3.05, 3.63) is 63.2 Å². The normalized spacial score (nSPS) is 19.8. The van der Waals surface area contributed by atoms with E-state index in [2.05, 4.69) is 0 Å². The first-order valence-electron chi connectivity index (χ1n) is 18.9. The second kappa shape index (κ2) is 15.5. The van der Waals surface area contributed by atoms with Crippen molar-refractivity contribution in [3.8, 4) is 108 Å². The average molecular weight is 951 g/mol. The summed E-state index contributed by atoms with van der Waals surface area (Å²) in [5.74, 6) is -32.9. The molecule has 0 aliphatic carbocycles. The molecule has 5 aromatic carbocycles. The van der Waals surface area contributed by atoms with Crippen molar-refractivity contribution >= 4 is 29.8 Å². The van der Waals surface area contributed by atoms with Gasteiger partial charge in [-0.2, -0.15) is 0 Å². The van der Waals surface area contributed by atoms with Crippen LogP contribution in [0.25, 0.3) is 22.3 Å². The summed E-state index contributed by atoms with van der Waals surface area (Å²) in [4.78, 5) is 70.8. The Bertz CT molecular complexity index is 3140. The lowest BCUT2D eigenvalue weighted by Gasteiger charge is -2.42. The molecular weight excluding hydrogens is 920 g/mol. The Morgan fingerprint density at radius 1 is 0.456 bits per heavy atom. The number of cyclic esters (lactones) is 3. The third kappa shape index (κ3) is 6.33. The predicted octanol–water partition coefficient (Wildman–Crippen LogP) is 1.36. The zero-order valence-electron chi connectivity index (χ0n) is 33.6. The summed E-state index contributed by atoms with van der Waals surface area (Å²) in [6.07, 6.45) is -10.9. The van der Waals surface area contributed by atoms with Crippen LogP contribution in [0.4, 0.5) is 0 Å². The lowest BCUT2D eigenvalue weighted by atomic mass is 9.73. The van der Waals surface area contributed by atoms with E-state index in [9.17, 15) is 106 Å². The molecular formula is C42H30O26. The highest BCUT2D eigenvalue weighted by molar-refractivity contribution is 6.11. The molecule has 3 aliphatic rings. The predicted molar refractivity (Wildman–Crippen MR) is 212 cm³/mol. The largest absolute Gasteiger partial charge is 0.504 e. The highest BCUT2D eigenvalue weighted by Gasteiger charge is 2.55. The number of carbonyl (C=O) groups is 5. The molecule has 0 saturated carbocycles. The second-order valence-electron chi connectivity index (χ2n) is 15.1. The summed E-state index contributed by atoms with van der Waals surface area (Å²) in [6.45, 7) is -1.46. The monoisotopic (exact) mass is 950 g/mol. The number of ether oxygens (including phenoxy) is 5. The molecule has 3 aliphatic heterocycles. The van der Waals surface area contributed by atoms with E-state index in [1.165, 1.54) is 0 Å². The third-order valence-corrected chi connectivity index (χ3v) is 11.4. The molecule has 0 radical (unpaired) electrons. The number of hydrogen-bond acceptors (Lipinski definition) is 26. The molecule has 0 spiro atoms. The van der Waals surface area contributed by atoms with Gasteiger partial charge in [0.1, 0.15) is 12.7 Å². The Hall–Kier alpha value is -9.59. The fourth-order valence-corrected chi connectivity index (χ4v) is 8.29. The van der Waals surface area contributed by atoms with Crippen LogP contribution in [0.1, 0.15) is 68.8 Å². The number of phenolic OH excluding ortho intramolecular Hbond substituents is 15. The number of benzene rings is 5. The maximum Gasteiger partial charge on any atom is 0.339 e. The number of hydrogen-bond donors (Lipinski definition) is 16. The Balaban J connectivity index is 1.49. The first-order chi connectivity index (χ1) is 31.9. The quantitative estimate of drug-likeness (QED) is 0.0689. The van der Waals surface area contributed by atoms with E-state index >= 15 is 0 Å². The summed E-state index contributed by atoms with van der Waals surface area (Å²) in [7, 11) is 0.775. The first-order valence-corrected chi connectivity index (χ1v) is 18.9. The van der Waals surface area contributed by atoms with Gasteiger partial charge in [-0.3, -0.25) is 0 Å². The van der Waals surface area contributed by atoms with Crippen molar-refractivity contribution in [2.45, 2.75) is 30.3 Å². The minimum atomic E-state index is -2.82. The lowest BCUT2D eigenvalue weighted by molar-refractivity contribution is -0.132. The van der Waals surface area contributed by atoms with Gasteiger partial charge >= 0.3 is 29.8 Å². The van der Waals surface area contributed by atoms with Crippen LogP contribution in [0, 0.1) is 0 Å². The molecule has 5 aromatic rings. The fraction of sp³-hybridized carbons (Fsp3) is 0.167. The number of carbonyl (C=O) groups excluding carboxylic acids is 5. The molecule has 5 unspecified atom stereocenters. The molecule has 0 saturated heterocycles. The van der Waals surface area contributed by atoms with Crippen molar-refractivity contribution < 1.29 is 129 Å². The van der Waals surface area contributed by atoms with Crippen LogP contribution in [0.3, 0.4) is 0 Å². The van der Waals surface area contributed by atoms with Crippen molar-refractivity contribution in [2.75, 3.05) is 13.7 Å². The second-order valence-corrected chi connectivity index (χ2v) is 15.1. The molecule has 354 valence electrons. The topological polar surface area (TPSA) is 455 Å². The van der Waals surface area contributed by atoms with Gasteiger partial charge < -0.3 is 105 Å². The van der Waals surface area contributed by atoms with Gasteiger partial charge in [-0.15, -0.1) is 0 Å². The minimum Gasteiger partial charge on any atom is -0.504 e. The summed E-state index contributed by atoms with van der Waals surface area (Å²) in [5.41, 5.74) is -12.4. The standard InChI is InChI=1S/C42H30O26/c1-64-38(59)7-2-11(43)27(51)31(55)19(7)22-21-23-20(32(56)34(58)33(21)57)18-10(5-14(46)26(50)30(18)54)41(62)68-37(36(22)67-42(23)63)35-15(47)6-65-39(60)8-3-12(44)24(48)28(52)16(8)17-9(40(61)66-35)4-13(45)25(49)29(17)53/h2-5,15,22,35-37,43-58H,6H2,1H3. The zero-order valence-corrected chi connectivity index (χ0v) is 33.6. The molecule has 0 aromatic heterocycles. The van der Waals surface area contributed by atoms with Crippen LogP contribution in [-0.2, 0) is 23.7 Å². The Morgan fingerprint density at radius 3 is 1.35 bits per heavy atom. The SMILES string of the molecule is COC(=O)c1cc(O)c(O)c(O)c1C1c2c(O)c(O)c(O)c3c2C(=O)OC1C(C1OC(=O)c2cc(O)c(O)c(O)c2-c2c(cc(O)c(O)c2O)C(=O)OCC1O)OC(=O)c1cc(O)c(O)c(O)c1-3. The van der Waals surface area contributed by atoms with Gasteiger partial charge in [-0.25, -0.2) is 24.0 Å². The number of rotatable bonds is 3.